The number of ether oxygens (including phenoxy) is 3. The highest BCUT2D eigenvalue weighted by molar-refractivity contribution is 7.13. The van der Waals surface area contributed by atoms with Crippen molar-refractivity contribution in [3.05, 3.63) is 70.9 Å². The lowest BCUT2D eigenvalue weighted by Gasteiger charge is -2.24. The minimum atomic E-state index is -0.504. The lowest BCUT2D eigenvalue weighted by Crippen LogP contribution is -2.45. The topological polar surface area (TPSA) is 90.0 Å². The zero-order valence-corrected chi connectivity index (χ0v) is 23.0. The van der Waals surface area contributed by atoms with Crippen molar-refractivity contribution >= 4 is 23.2 Å². The molecule has 1 fully saturated rings. The molecule has 2 unspecified atom stereocenters. The molecular weight excluding hydrogens is 502 g/mol. The van der Waals surface area contributed by atoms with Crippen molar-refractivity contribution in [2.24, 2.45) is 5.92 Å². The van der Waals surface area contributed by atoms with E-state index in [0.29, 0.717) is 57.3 Å². The highest BCUT2D eigenvalue weighted by atomic mass is 32.1. The maximum atomic E-state index is 13.4. The standard InChI is InChI=1S/C29H35N3O5S/c1-20-15-26(28(33)30-17-22-7-9-23(10-8-22)27-21(2)31-19-38-27)32(18-20)29(34)24-5-4-6-25(16-24)37-14-13-36-12-11-35-3/h4-10,16,19-20,26H,11-15,17-18H2,1-3H3,(H,30,33). The normalized spacial score (nSPS) is 17.0. The molecule has 2 amide bonds. The van der Waals surface area contributed by atoms with E-state index in [9.17, 15) is 9.59 Å². The molecule has 0 bridgehead atoms. The second kappa shape index (κ2) is 13.5. The van der Waals surface area contributed by atoms with Gasteiger partial charge in [-0.1, -0.05) is 37.3 Å². The average Bonchev–Trinajstić information content (AvgIpc) is 3.54. The summed E-state index contributed by atoms with van der Waals surface area (Å²) in [5, 5.41) is 3.03. The molecule has 2 atom stereocenters. The van der Waals surface area contributed by atoms with E-state index in [1.807, 2.05) is 30.6 Å². The summed E-state index contributed by atoms with van der Waals surface area (Å²) in [6, 6.07) is 14.7. The third-order valence-electron chi connectivity index (χ3n) is 6.51. The Morgan fingerprint density at radius 1 is 1.11 bits per heavy atom. The SMILES string of the molecule is COCCOCCOc1cccc(C(=O)N2CC(C)CC2C(=O)NCc2ccc(-c3scnc3C)cc2)c1. The molecule has 1 saturated heterocycles. The van der Waals surface area contributed by atoms with Gasteiger partial charge in [0, 0.05) is 25.8 Å². The van der Waals surface area contributed by atoms with Crippen LogP contribution < -0.4 is 10.1 Å². The van der Waals surface area contributed by atoms with Crippen LogP contribution in [0.15, 0.2) is 54.0 Å². The van der Waals surface area contributed by atoms with Gasteiger partial charge in [0.25, 0.3) is 5.91 Å². The van der Waals surface area contributed by atoms with Crippen LogP contribution in [0.5, 0.6) is 5.75 Å². The first kappa shape index (κ1) is 27.8. The molecule has 2 heterocycles. The van der Waals surface area contributed by atoms with Crippen molar-refractivity contribution in [1.82, 2.24) is 15.2 Å². The van der Waals surface area contributed by atoms with Gasteiger partial charge in [-0.3, -0.25) is 9.59 Å². The average molecular weight is 538 g/mol. The fourth-order valence-electron chi connectivity index (χ4n) is 4.53. The number of benzene rings is 2. The number of rotatable bonds is 12. The Hall–Kier alpha value is -3.27. The number of methoxy groups -OCH3 is 1. The molecule has 0 aliphatic carbocycles. The van der Waals surface area contributed by atoms with E-state index < -0.39 is 6.04 Å². The number of hydrogen-bond acceptors (Lipinski definition) is 7. The summed E-state index contributed by atoms with van der Waals surface area (Å²) in [7, 11) is 1.63. The predicted octanol–water partition coefficient (Wildman–Crippen LogP) is 4.33. The third-order valence-corrected chi connectivity index (χ3v) is 7.49. The number of thiazole rings is 1. The van der Waals surface area contributed by atoms with Crippen LogP contribution in [0.25, 0.3) is 10.4 Å². The third kappa shape index (κ3) is 7.18. The molecule has 1 aromatic heterocycles. The molecule has 1 aliphatic heterocycles. The maximum Gasteiger partial charge on any atom is 0.254 e. The second-order valence-corrected chi connectivity index (χ2v) is 10.3. The van der Waals surface area contributed by atoms with E-state index in [1.165, 1.54) is 0 Å². The molecule has 8 nitrogen and oxygen atoms in total. The minimum Gasteiger partial charge on any atom is -0.491 e. The summed E-state index contributed by atoms with van der Waals surface area (Å²) in [5.41, 5.74) is 5.48. The van der Waals surface area contributed by atoms with Crippen molar-refractivity contribution in [3.63, 3.8) is 0 Å². The lowest BCUT2D eigenvalue weighted by atomic mass is 10.1. The van der Waals surface area contributed by atoms with Gasteiger partial charge in [0.2, 0.25) is 5.91 Å². The summed E-state index contributed by atoms with van der Waals surface area (Å²) in [6.07, 6.45) is 0.635. The number of hydrogen-bond donors (Lipinski definition) is 1. The Labute approximate surface area is 227 Å². The fraction of sp³-hybridized carbons (Fsp3) is 0.414. The zero-order valence-electron chi connectivity index (χ0n) is 22.1. The summed E-state index contributed by atoms with van der Waals surface area (Å²) in [5.74, 6) is 0.531. The van der Waals surface area contributed by atoms with E-state index in [2.05, 4.69) is 29.4 Å². The summed E-state index contributed by atoms with van der Waals surface area (Å²) >= 11 is 1.62. The molecule has 2 aromatic carbocycles. The Kier molecular flexibility index (Phi) is 9.86. The van der Waals surface area contributed by atoms with E-state index in [-0.39, 0.29) is 17.7 Å². The Bertz CT molecular complexity index is 1210. The van der Waals surface area contributed by atoms with Gasteiger partial charge in [0.05, 0.1) is 35.9 Å². The van der Waals surface area contributed by atoms with Gasteiger partial charge in [-0.2, -0.15) is 0 Å². The van der Waals surface area contributed by atoms with Crippen molar-refractivity contribution in [2.45, 2.75) is 32.9 Å². The summed E-state index contributed by atoms with van der Waals surface area (Å²) in [4.78, 5) is 33.7. The number of nitrogens with zero attached hydrogens (tertiary/aromatic N) is 2. The molecule has 4 rings (SSSR count). The van der Waals surface area contributed by atoms with E-state index in [0.717, 1.165) is 21.7 Å². The van der Waals surface area contributed by atoms with E-state index in [1.54, 1.807) is 41.5 Å². The number of amides is 2. The van der Waals surface area contributed by atoms with Crippen molar-refractivity contribution in [3.8, 4) is 16.2 Å². The molecule has 1 aliphatic rings. The van der Waals surface area contributed by atoms with Crippen LogP contribution in [0.3, 0.4) is 0 Å². The molecule has 202 valence electrons. The van der Waals surface area contributed by atoms with Gasteiger partial charge in [-0.25, -0.2) is 4.98 Å². The number of carbonyl (C=O) groups is 2. The van der Waals surface area contributed by atoms with Crippen LogP contribution in [0.1, 0.15) is 35.0 Å². The summed E-state index contributed by atoms with van der Waals surface area (Å²) in [6.45, 7) is 6.86. The molecule has 9 heteroatoms. The van der Waals surface area contributed by atoms with Crippen LogP contribution in [0, 0.1) is 12.8 Å². The lowest BCUT2D eigenvalue weighted by molar-refractivity contribution is -0.125. The van der Waals surface area contributed by atoms with Gasteiger partial charge in [-0.05, 0) is 48.6 Å². The first-order chi connectivity index (χ1) is 18.5. The van der Waals surface area contributed by atoms with Crippen molar-refractivity contribution in [2.75, 3.05) is 40.1 Å². The van der Waals surface area contributed by atoms with Gasteiger partial charge >= 0.3 is 0 Å². The first-order valence-corrected chi connectivity index (χ1v) is 13.7. The quantitative estimate of drug-likeness (QED) is 0.346. The largest absolute Gasteiger partial charge is 0.491 e. The van der Waals surface area contributed by atoms with Crippen LogP contribution in [-0.2, 0) is 20.8 Å². The monoisotopic (exact) mass is 537 g/mol. The van der Waals surface area contributed by atoms with Crippen LogP contribution in [0.4, 0.5) is 0 Å². The molecular formula is C29H35N3O5S. The molecule has 3 aromatic rings. The minimum absolute atomic E-state index is 0.134. The Morgan fingerprint density at radius 2 is 1.89 bits per heavy atom. The molecule has 38 heavy (non-hydrogen) atoms. The molecule has 1 N–H and O–H groups in total. The molecule has 0 spiro atoms. The van der Waals surface area contributed by atoms with E-state index in [4.69, 9.17) is 14.2 Å². The fourth-order valence-corrected chi connectivity index (χ4v) is 5.34. The Morgan fingerprint density at radius 3 is 2.63 bits per heavy atom. The predicted molar refractivity (Wildman–Crippen MR) is 147 cm³/mol. The van der Waals surface area contributed by atoms with Crippen molar-refractivity contribution < 1.29 is 23.8 Å². The highest BCUT2D eigenvalue weighted by Gasteiger charge is 2.38. The zero-order chi connectivity index (χ0) is 26.9. The van der Waals surface area contributed by atoms with Crippen LogP contribution in [0.2, 0.25) is 0 Å². The van der Waals surface area contributed by atoms with Crippen LogP contribution >= 0.6 is 11.3 Å². The number of aromatic nitrogens is 1. The maximum absolute atomic E-state index is 13.4. The number of aryl methyl sites for hydroxylation is 1. The van der Waals surface area contributed by atoms with Gasteiger partial charge in [0.15, 0.2) is 0 Å². The number of carbonyl (C=O) groups excluding carboxylic acids is 2. The molecule has 0 radical (unpaired) electrons. The van der Waals surface area contributed by atoms with Gasteiger partial charge in [0.1, 0.15) is 18.4 Å². The smallest absolute Gasteiger partial charge is 0.254 e. The van der Waals surface area contributed by atoms with E-state index >= 15 is 0 Å². The highest BCUT2D eigenvalue weighted by Crippen LogP contribution is 2.28. The Balaban J connectivity index is 1.33. The number of nitrogens with one attached hydrogen (secondary N) is 1. The van der Waals surface area contributed by atoms with Crippen molar-refractivity contribution in [1.29, 1.82) is 0 Å². The first-order valence-electron chi connectivity index (χ1n) is 12.8. The number of likely N-dealkylation sites (tertiary alicyclic amines) is 1. The second-order valence-electron chi connectivity index (χ2n) is 9.48. The van der Waals surface area contributed by atoms with Gasteiger partial charge in [-0.15, -0.1) is 11.3 Å². The molecule has 0 saturated carbocycles. The summed E-state index contributed by atoms with van der Waals surface area (Å²) < 4.78 is 16.1. The van der Waals surface area contributed by atoms with Crippen LogP contribution in [-0.4, -0.2) is 67.8 Å². The van der Waals surface area contributed by atoms with Gasteiger partial charge < -0.3 is 24.4 Å².